The Balaban J connectivity index is 2.10. The SMILES string of the molecule is CNC(=O)c1cc(Cl)cc(C)c1NC(=O)c1cc(C(=O)NC(C)C)nn1-c1ncccc1Cl. The van der Waals surface area contributed by atoms with Gasteiger partial charge in [-0.1, -0.05) is 23.2 Å². The number of amides is 3. The van der Waals surface area contributed by atoms with Crippen LogP contribution in [0.1, 0.15) is 50.7 Å². The molecule has 3 aromatic rings. The van der Waals surface area contributed by atoms with Crippen molar-refractivity contribution >= 4 is 46.6 Å². The van der Waals surface area contributed by atoms with Gasteiger partial charge in [-0.2, -0.15) is 5.10 Å². The van der Waals surface area contributed by atoms with Crippen molar-refractivity contribution in [2.75, 3.05) is 12.4 Å². The Kier molecular flexibility index (Phi) is 7.35. The van der Waals surface area contributed by atoms with Gasteiger partial charge in [0.1, 0.15) is 5.69 Å². The summed E-state index contributed by atoms with van der Waals surface area (Å²) in [6.07, 6.45) is 1.49. The van der Waals surface area contributed by atoms with Crippen LogP contribution in [-0.2, 0) is 0 Å². The fourth-order valence-corrected chi connectivity index (χ4v) is 3.56. The predicted molar refractivity (Wildman–Crippen MR) is 127 cm³/mol. The molecule has 9 nitrogen and oxygen atoms in total. The van der Waals surface area contributed by atoms with Gasteiger partial charge in [-0.25, -0.2) is 9.67 Å². The van der Waals surface area contributed by atoms with Crippen LogP contribution in [-0.4, -0.2) is 45.6 Å². The number of pyridine rings is 1. The van der Waals surface area contributed by atoms with Crippen LogP contribution in [0, 0.1) is 6.92 Å². The largest absolute Gasteiger partial charge is 0.355 e. The van der Waals surface area contributed by atoms with Gasteiger partial charge in [0, 0.05) is 30.4 Å². The number of rotatable bonds is 6. The quantitative estimate of drug-likeness (QED) is 0.489. The van der Waals surface area contributed by atoms with Crippen LogP contribution < -0.4 is 16.0 Å². The van der Waals surface area contributed by atoms with Crippen LogP contribution in [0.2, 0.25) is 10.0 Å². The van der Waals surface area contributed by atoms with Crippen LogP contribution >= 0.6 is 23.2 Å². The lowest BCUT2D eigenvalue weighted by atomic mass is 10.1. The lowest BCUT2D eigenvalue weighted by Gasteiger charge is -2.14. The van der Waals surface area contributed by atoms with Gasteiger partial charge >= 0.3 is 0 Å². The lowest BCUT2D eigenvalue weighted by Crippen LogP contribution is -2.30. The van der Waals surface area contributed by atoms with Gasteiger partial charge in [0.25, 0.3) is 17.7 Å². The molecule has 0 aliphatic carbocycles. The molecule has 0 radical (unpaired) electrons. The van der Waals surface area contributed by atoms with Crippen molar-refractivity contribution in [1.29, 1.82) is 0 Å². The summed E-state index contributed by atoms with van der Waals surface area (Å²) < 4.78 is 1.19. The second kappa shape index (κ2) is 10.0. The highest BCUT2D eigenvalue weighted by atomic mass is 35.5. The van der Waals surface area contributed by atoms with Gasteiger partial charge in [0.05, 0.1) is 16.3 Å². The average molecular weight is 489 g/mol. The highest BCUT2D eigenvalue weighted by Crippen LogP contribution is 2.27. The first-order chi connectivity index (χ1) is 15.6. The Morgan fingerprint density at radius 2 is 1.79 bits per heavy atom. The van der Waals surface area contributed by atoms with Crippen LogP contribution in [0.4, 0.5) is 5.69 Å². The minimum atomic E-state index is -0.622. The normalized spacial score (nSPS) is 10.8. The Morgan fingerprint density at radius 3 is 2.42 bits per heavy atom. The fraction of sp³-hybridized carbons (Fsp3) is 0.227. The summed E-state index contributed by atoms with van der Waals surface area (Å²) in [5, 5.41) is 12.8. The predicted octanol–water partition coefficient (Wildman–Crippen LogP) is 3.63. The van der Waals surface area contributed by atoms with Gasteiger partial charge in [-0.05, 0) is 50.6 Å². The molecule has 3 rings (SSSR count). The topological polar surface area (TPSA) is 118 Å². The second-order valence-corrected chi connectivity index (χ2v) is 8.29. The van der Waals surface area contributed by atoms with E-state index >= 15 is 0 Å². The van der Waals surface area contributed by atoms with Crippen molar-refractivity contribution in [3.05, 3.63) is 69.1 Å². The molecule has 3 amide bonds. The summed E-state index contributed by atoms with van der Waals surface area (Å²) in [4.78, 5) is 42.5. The van der Waals surface area contributed by atoms with Crippen molar-refractivity contribution in [3.63, 3.8) is 0 Å². The second-order valence-electron chi connectivity index (χ2n) is 7.44. The molecule has 0 fully saturated rings. The van der Waals surface area contributed by atoms with Gasteiger partial charge in [0.15, 0.2) is 11.5 Å². The Hall–Kier alpha value is -3.43. The van der Waals surface area contributed by atoms with Crippen LogP contribution in [0.15, 0.2) is 36.5 Å². The standard InChI is InChI=1S/C22H22Cl2N6O3/c1-11(2)27-21(32)16-10-17(30(29-16)19-15(24)6-5-7-26-19)22(33)28-18-12(3)8-13(23)9-14(18)20(31)25-4/h5-11H,1-4H3,(H,25,31)(H,27,32)(H,28,33). The fourth-order valence-electron chi connectivity index (χ4n) is 3.08. The number of anilines is 1. The van der Waals surface area contributed by atoms with Gasteiger partial charge in [-0.15, -0.1) is 0 Å². The molecule has 172 valence electrons. The molecule has 0 aliphatic heterocycles. The maximum absolute atomic E-state index is 13.3. The number of carbonyl (C=O) groups is 3. The smallest absolute Gasteiger partial charge is 0.274 e. The highest BCUT2D eigenvalue weighted by molar-refractivity contribution is 6.32. The third-order valence-corrected chi connectivity index (χ3v) is 5.06. The van der Waals surface area contributed by atoms with Gasteiger partial charge < -0.3 is 16.0 Å². The first kappa shape index (κ1) is 24.2. The van der Waals surface area contributed by atoms with Crippen molar-refractivity contribution in [3.8, 4) is 5.82 Å². The summed E-state index contributed by atoms with van der Waals surface area (Å²) in [6.45, 7) is 5.33. The van der Waals surface area contributed by atoms with Gasteiger partial charge in [-0.3, -0.25) is 14.4 Å². The van der Waals surface area contributed by atoms with Crippen LogP contribution in [0.5, 0.6) is 0 Å². The zero-order valence-corrected chi connectivity index (χ0v) is 19.9. The Bertz CT molecular complexity index is 1240. The van der Waals surface area contributed by atoms with Crippen molar-refractivity contribution in [2.45, 2.75) is 26.8 Å². The molecule has 2 aromatic heterocycles. The van der Waals surface area contributed by atoms with E-state index in [2.05, 4.69) is 26.0 Å². The number of aryl methyl sites for hydroxylation is 1. The summed E-state index contributed by atoms with van der Waals surface area (Å²) in [5.74, 6) is -1.33. The number of carbonyl (C=O) groups excluding carboxylic acids is 3. The van der Waals surface area contributed by atoms with E-state index in [1.165, 1.54) is 30.1 Å². The van der Waals surface area contributed by atoms with E-state index in [0.717, 1.165) is 0 Å². The van der Waals surface area contributed by atoms with Crippen LogP contribution in [0.25, 0.3) is 5.82 Å². The van der Waals surface area contributed by atoms with E-state index < -0.39 is 17.7 Å². The van der Waals surface area contributed by atoms with E-state index in [0.29, 0.717) is 10.6 Å². The minimum Gasteiger partial charge on any atom is -0.355 e. The van der Waals surface area contributed by atoms with Crippen molar-refractivity contribution < 1.29 is 14.4 Å². The maximum Gasteiger partial charge on any atom is 0.274 e. The number of hydrogen-bond donors (Lipinski definition) is 3. The third kappa shape index (κ3) is 5.32. The minimum absolute atomic E-state index is 0.00159. The maximum atomic E-state index is 13.3. The van der Waals surface area contributed by atoms with Gasteiger partial charge in [0.2, 0.25) is 0 Å². The summed E-state index contributed by atoms with van der Waals surface area (Å²) in [6, 6.07) is 7.51. The molecule has 2 heterocycles. The number of nitrogens with one attached hydrogen (secondary N) is 3. The molecular formula is C22H22Cl2N6O3. The average Bonchev–Trinajstić information content (AvgIpc) is 3.20. The highest BCUT2D eigenvalue weighted by Gasteiger charge is 2.24. The molecule has 0 aliphatic rings. The molecule has 0 saturated heterocycles. The van der Waals surface area contributed by atoms with Crippen LogP contribution in [0.3, 0.4) is 0 Å². The lowest BCUT2D eigenvalue weighted by molar-refractivity contribution is 0.0934. The summed E-state index contributed by atoms with van der Waals surface area (Å²) >= 11 is 12.4. The molecular weight excluding hydrogens is 467 g/mol. The van der Waals surface area contributed by atoms with E-state index in [9.17, 15) is 14.4 Å². The molecule has 0 unspecified atom stereocenters. The van der Waals surface area contributed by atoms with Crippen molar-refractivity contribution in [1.82, 2.24) is 25.4 Å². The molecule has 11 heteroatoms. The Labute approximate surface area is 200 Å². The zero-order valence-electron chi connectivity index (χ0n) is 18.4. The molecule has 0 saturated carbocycles. The molecule has 33 heavy (non-hydrogen) atoms. The van der Waals surface area contributed by atoms with E-state index in [-0.39, 0.29) is 39.5 Å². The number of halogens is 2. The van der Waals surface area contributed by atoms with Crippen molar-refractivity contribution in [2.24, 2.45) is 0 Å². The first-order valence-electron chi connectivity index (χ1n) is 9.97. The summed E-state index contributed by atoms with van der Waals surface area (Å²) in [7, 11) is 1.47. The summed E-state index contributed by atoms with van der Waals surface area (Å²) in [5.41, 5.74) is 1.05. The molecule has 0 spiro atoms. The van der Waals surface area contributed by atoms with E-state index in [1.807, 2.05) is 13.8 Å². The first-order valence-corrected chi connectivity index (χ1v) is 10.7. The Morgan fingerprint density at radius 1 is 1.06 bits per heavy atom. The monoisotopic (exact) mass is 488 g/mol. The number of benzene rings is 1. The molecule has 0 bridgehead atoms. The number of hydrogen-bond acceptors (Lipinski definition) is 5. The van der Waals surface area contributed by atoms with E-state index in [1.54, 1.807) is 25.1 Å². The third-order valence-electron chi connectivity index (χ3n) is 4.54. The molecule has 1 aromatic carbocycles. The molecule has 0 atom stereocenters. The number of nitrogens with zero attached hydrogens (tertiary/aromatic N) is 3. The zero-order chi connectivity index (χ0) is 24.3. The van der Waals surface area contributed by atoms with E-state index in [4.69, 9.17) is 23.2 Å². The number of aromatic nitrogens is 3. The molecule has 3 N–H and O–H groups in total.